The number of carbonyl (C=O) groups excluding carboxylic acids is 1. The zero-order valence-electron chi connectivity index (χ0n) is 18.6. The fourth-order valence-electron chi connectivity index (χ4n) is 3.80. The molecule has 0 spiro atoms. The largest absolute Gasteiger partial charge is 0.495 e. The second-order valence-electron chi connectivity index (χ2n) is 7.49. The van der Waals surface area contributed by atoms with Crippen molar-refractivity contribution in [2.24, 2.45) is 0 Å². The predicted octanol–water partition coefficient (Wildman–Crippen LogP) is 5.61. The van der Waals surface area contributed by atoms with Gasteiger partial charge in [-0.1, -0.05) is 30.3 Å². The molecule has 0 N–H and O–H groups in total. The number of nitrogens with zero attached hydrogens (tertiary/aromatic N) is 1. The minimum atomic E-state index is -0.723. The Morgan fingerprint density at radius 3 is 2.30 bits per heavy atom. The molecule has 1 aromatic heterocycles. The van der Waals surface area contributed by atoms with Crippen LogP contribution in [0.25, 0.3) is 16.9 Å². The van der Waals surface area contributed by atoms with Crippen LogP contribution in [-0.2, 0) is 14.3 Å². The molecule has 0 saturated carbocycles. The Hall–Kier alpha value is -3.16. The monoisotopic (exact) mass is 509 g/mol. The summed E-state index contributed by atoms with van der Waals surface area (Å²) < 4.78 is 23.2. The van der Waals surface area contributed by atoms with Gasteiger partial charge in [0, 0.05) is 31.5 Å². The lowest BCUT2D eigenvalue weighted by Gasteiger charge is -2.20. The van der Waals surface area contributed by atoms with Crippen LogP contribution in [0.2, 0.25) is 0 Å². The van der Waals surface area contributed by atoms with Crippen molar-refractivity contribution in [2.75, 3.05) is 21.3 Å². The van der Waals surface area contributed by atoms with Crippen molar-refractivity contribution in [2.45, 2.75) is 18.6 Å². The highest BCUT2D eigenvalue weighted by atomic mass is 79.9. The maximum atomic E-state index is 13.3. The highest BCUT2D eigenvalue weighted by molar-refractivity contribution is 9.10. The van der Waals surface area contributed by atoms with E-state index in [9.17, 15) is 4.79 Å². The summed E-state index contributed by atoms with van der Waals surface area (Å²) in [6.45, 7) is 0. The van der Waals surface area contributed by atoms with Crippen molar-refractivity contribution in [3.05, 3.63) is 82.6 Å². The van der Waals surface area contributed by atoms with Gasteiger partial charge in [-0.05, 0) is 56.9 Å². The number of ether oxygens (including phenoxy) is 4. The maximum absolute atomic E-state index is 13.3. The molecule has 6 nitrogen and oxygen atoms in total. The number of rotatable bonds is 8. The number of ketones is 1. The van der Waals surface area contributed by atoms with Gasteiger partial charge < -0.3 is 18.9 Å². The number of Topliss-reactive ketones (excluding diaryl/α,β-unsaturated/α-hetero) is 1. The summed E-state index contributed by atoms with van der Waals surface area (Å²) in [4.78, 5) is 17.4. The molecule has 3 aromatic rings. The van der Waals surface area contributed by atoms with Gasteiger partial charge in [0.25, 0.3) is 0 Å². The van der Waals surface area contributed by atoms with E-state index in [2.05, 4.69) is 20.9 Å². The van der Waals surface area contributed by atoms with E-state index in [1.54, 1.807) is 26.6 Å². The van der Waals surface area contributed by atoms with E-state index in [0.717, 1.165) is 26.7 Å². The first-order valence-corrected chi connectivity index (χ1v) is 11.2. The van der Waals surface area contributed by atoms with Gasteiger partial charge in [-0.25, -0.2) is 0 Å². The minimum Gasteiger partial charge on any atom is -0.495 e. The zero-order chi connectivity index (χ0) is 23.4. The fraction of sp³-hybridized carbons (Fsp3) is 0.231. The smallest absolute Gasteiger partial charge is 0.206 e. The van der Waals surface area contributed by atoms with Crippen molar-refractivity contribution in [1.82, 2.24) is 4.98 Å². The first-order valence-electron chi connectivity index (χ1n) is 10.4. The summed E-state index contributed by atoms with van der Waals surface area (Å²) in [7, 11) is 4.70. The van der Waals surface area contributed by atoms with E-state index in [0.29, 0.717) is 23.7 Å². The van der Waals surface area contributed by atoms with Crippen molar-refractivity contribution in [3.8, 4) is 22.6 Å². The van der Waals surface area contributed by atoms with Gasteiger partial charge in [0.2, 0.25) is 5.78 Å². The molecule has 7 heteroatoms. The number of hydrogen-bond acceptors (Lipinski definition) is 6. The summed E-state index contributed by atoms with van der Waals surface area (Å²) >= 11 is 3.47. The third kappa shape index (κ3) is 4.79. The Bertz CT molecular complexity index is 1140. The Kier molecular flexibility index (Phi) is 7.11. The molecule has 2 unspecified atom stereocenters. The molecule has 33 heavy (non-hydrogen) atoms. The lowest BCUT2D eigenvalue weighted by molar-refractivity contribution is -0.136. The Morgan fingerprint density at radius 1 is 1.03 bits per heavy atom. The van der Waals surface area contributed by atoms with Gasteiger partial charge in [0.1, 0.15) is 27.8 Å². The summed E-state index contributed by atoms with van der Waals surface area (Å²) in [5, 5.41) is 0. The summed E-state index contributed by atoms with van der Waals surface area (Å²) in [6.07, 6.45) is 4.55. The van der Waals surface area contributed by atoms with Crippen molar-refractivity contribution in [3.63, 3.8) is 0 Å². The molecule has 2 aromatic carbocycles. The summed E-state index contributed by atoms with van der Waals surface area (Å²) in [6, 6.07) is 15.3. The number of benzene rings is 2. The average molecular weight is 510 g/mol. The van der Waals surface area contributed by atoms with Crippen LogP contribution in [0.15, 0.2) is 71.5 Å². The molecule has 4 rings (SSSR count). The minimum absolute atomic E-state index is 0.131. The Labute approximate surface area is 201 Å². The Balaban J connectivity index is 1.50. The van der Waals surface area contributed by atoms with Crippen LogP contribution in [0.3, 0.4) is 0 Å². The van der Waals surface area contributed by atoms with Crippen LogP contribution in [0.5, 0.6) is 11.5 Å². The lowest BCUT2D eigenvalue weighted by Crippen LogP contribution is -2.27. The van der Waals surface area contributed by atoms with Crippen molar-refractivity contribution >= 4 is 27.5 Å². The highest BCUT2D eigenvalue weighted by Gasteiger charge is 2.33. The molecule has 0 amide bonds. The SMILES string of the molecule is COc1cc(C2=CCC(C(=O)C(OC)c3ccc(-c4cccnc4)cc3)O2)cc(OC)c1Br. The van der Waals surface area contributed by atoms with Crippen LogP contribution >= 0.6 is 15.9 Å². The average Bonchev–Trinajstić information content (AvgIpc) is 3.36. The van der Waals surface area contributed by atoms with E-state index in [-0.39, 0.29) is 5.78 Å². The van der Waals surface area contributed by atoms with Gasteiger partial charge in [-0.2, -0.15) is 0 Å². The third-order valence-electron chi connectivity index (χ3n) is 5.54. The molecule has 1 aliphatic heterocycles. The van der Waals surface area contributed by atoms with Crippen LogP contribution in [0, 0.1) is 0 Å². The van der Waals surface area contributed by atoms with Crippen molar-refractivity contribution in [1.29, 1.82) is 0 Å². The Morgan fingerprint density at radius 2 is 1.73 bits per heavy atom. The number of carbonyl (C=O) groups is 1. The topological polar surface area (TPSA) is 66.9 Å². The van der Waals surface area contributed by atoms with Gasteiger partial charge in [0.15, 0.2) is 6.10 Å². The number of hydrogen-bond donors (Lipinski definition) is 0. The third-order valence-corrected chi connectivity index (χ3v) is 6.32. The molecule has 2 atom stereocenters. The molecule has 2 heterocycles. The van der Waals surface area contributed by atoms with E-state index >= 15 is 0 Å². The van der Waals surface area contributed by atoms with Crippen LogP contribution in [0.1, 0.15) is 23.7 Å². The van der Waals surface area contributed by atoms with E-state index < -0.39 is 12.2 Å². The van der Waals surface area contributed by atoms with E-state index in [1.165, 1.54) is 7.11 Å². The molecule has 170 valence electrons. The van der Waals surface area contributed by atoms with Gasteiger partial charge in [-0.3, -0.25) is 9.78 Å². The lowest BCUT2D eigenvalue weighted by atomic mass is 9.98. The van der Waals surface area contributed by atoms with Crippen LogP contribution in [0.4, 0.5) is 0 Å². The van der Waals surface area contributed by atoms with Gasteiger partial charge in [-0.15, -0.1) is 0 Å². The van der Waals surface area contributed by atoms with Crippen LogP contribution in [-0.4, -0.2) is 38.2 Å². The second kappa shape index (κ2) is 10.2. The zero-order valence-corrected chi connectivity index (χ0v) is 20.2. The highest BCUT2D eigenvalue weighted by Crippen LogP contribution is 2.40. The quantitative estimate of drug-likeness (QED) is 0.392. The molecule has 0 saturated heterocycles. The standard InChI is InChI=1S/C26H24BrNO5/c1-30-22-13-19(14-23(31-2)24(22)27)20-10-11-21(33-20)25(29)26(32-3)17-8-6-16(7-9-17)18-5-4-12-28-15-18/h4-10,12-15,21,26H,11H2,1-3H3. The molecule has 0 radical (unpaired) electrons. The molecular weight excluding hydrogens is 486 g/mol. The van der Waals surface area contributed by atoms with E-state index in [1.807, 2.05) is 54.6 Å². The number of pyridine rings is 1. The predicted molar refractivity (Wildman–Crippen MR) is 129 cm³/mol. The number of halogens is 1. The van der Waals surface area contributed by atoms with Crippen LogP contribution < -0.4 is 9.47 Å². The second-order valence-corrected chi connectivity index (χ2v) is 8.28. The molecule has 0 bridgehead atoms. The first kappa shape index (κ1) is 23.0. The number of aromatic nitrogens is 1. The number of methoxy groups -OCH3 is 3. The fourth-order valence-corrected chi connectivity index (χ4v) is 4.36. The summed E-state index contributed by atoms with van der Waals surface area (Å²) in [5.41, 5.74) is 3.59. The van der Waals surface area contributed by atoms with E-state index in [4.69, 9.17) is 18.9 Å². The van der Waals surface area contributed by atoms with Gasteiger partial charge >= 0.3 is 0 Å². The molecular formula is C26H24BrNO5. The molecule has 0 aliphatic carbocycles. The van der Waals surface area contributed by atoms with Crippen molar-refractivity contribution < 1.29 is 23.7 Å². The maximum Gasteiger partial charge on any atom is 0.206 e. The molecule has 0 fully saturated rings. The summed E-state index contributed by atoms with van der Waals surface area (Å²) in [5.74, 6) is 1.72. The normalized spacial score (nSPS) is 16.0. The van der Waals surface area contributed by atoms with Gasteiger partial charge in [0.05, 0.1) is 14.2 Å². The first-order chi connectivity index (χ1) is 16.0. The molecule has 1 aliphatic rings.